The van der Waals surface area contributed by atoms with Crippen molar-refractivity contribution in [2.75, 3.05) is 27.2 Å². The van der Waals surface area contributed by atoms with Gasteiger partial charge in [-0.25, -0.2) is 0 Å². The number of hydrogen-bond acceptors (Lipinski definition) is 1. The lowest BCUT2D eigenvalue weighted by atomic mass is 10.1. The molecule has 3 rings (SSSR count). The summed E-state index contributed by atoms with van der Waals surface area (Å²) in [5.74, 6) is -0.0429. The van der Waals surface area contributed by atoms with Gasteiger partial charge in [0.1, 0.15) is 0 Å². The average Bonchev–Trinajstić information content (AvgIpc) is 3.00. The fourth-order valence-electron chi connectivity index (χ4n) is 3.10. The molecule has 0 saturated heterocycles. The van der Waals surface area contributed by atoms with Crippen LogP contribution in [0.15, 0.2) is 60.7 Å². The number of halogens is 1. The molecule has 5 heteroatoms. The molecule has 27 heavy (non-hydrogen) atoms. The topological polar surface area (TPSA) is 38.5 Å². The van der Waals surface area contributed by atoms with Crippen molar-refractivity contribution in [1.82, 2.24) is 9.88 Å². The lowest BCUT2D eigenvalue weighted by Crippen LogP contribution is -3.06. The van der Waals surface area contributed by atoms with Crippen molar-refractivity contribution in [3.63, 3.8) is 0 Å². The minimum atomic E-state index is -0.0429. The monoisotopic (exact) mass is 382 g/mol. The molecule has 4 nitrogen and oxygen atoms in total. The standard InChI is InChI=1S/C22H24ClN3O/c1-16-20(22(27)24-13-14-25(2)3)15-21(17-9-11-18(23)12-10-17)26(16)19-7-5-4-6-8-19/h4-12,15H,13-14H2,1-3H3,(H,24,27)/p+1. The summed E-state index contributed by atoms with van der Waals surface area (Å²) in [6.45, 7) is 3.51. The van der Waals surface area contributed by atoms with Gasteiger partial charge in [0.25, 0.3) is 5.91 Å². The second kappa shape index (κ2) is 8.42. The molecule has 0 saturated carbocycles. The van der Waals surface area contributed by atoms with Crippen LogP contribution >= 0.6 is 11.6 Å². The Bertz CT molecular complexity index is 915. The van der Waals surface area contributed by atoms with Crippen molar-refractivity contribution in [1.29, 1.82) is 0 Å². The minimum Gasteiger partial charge on any atom is -0.346 e. The molecule has 0 aliphatic rings. The fraction of sp³-hybridized carbons (Fsp3) is 0.227. The van der Waals surface area contributed by atoms with E-state index >= 15 is 0 Å². The highest BCUT2D eigenvalue weighted by molar-refractivity contribution is 6.30. The summed E-state index contributed by atoms with van der Waals surface area (Å²) < 4.78 is 2.12. The number of hydrogen-bond donors (Lipinski definition) is 2. The largest absolute Gasteiger partial charge is 0.346 e. The molecular formula is C22H25ClN3O+. The predicted octanol–water partition coefficient (Wildman–Crippen LogP) is 2.98. The third kappa shape index (κ3) is 4.41. The van der Waals surface area contributed by atoms with E-state index in [0.29, 0.717) is 17.1 Å². The van der Waals surface area contributed by atoms with Crippen LogP contribution in [-0.4, -0.2) is 37.7 Å². The first-order chi connectivity index (χ1) is 13.0. The first-order valence-corrected chi connectivity index (χ1v) is 9.46. The Balaban J connectivity index is 2.04. The molecule has 2 N–H and O–H groups in total. The lowest BCUT2D eigenvalue weighted by molar-refractivity contribution is -0.856. The van der Waals surface area contributed by atoms with E-state index in [-0.39, 0.29) is 5.91 Å². The molecular weight excluding hydrogens is 358 g/mol. The Hall–Kier alpha value is -2.56. The number of likely N-dealkylation sites (N-methyl/N-ethyl adjacent to an activating group) is 1. The molecule has 0 aliphatic carbocycles. The first-order valence-electron chi connectivity index (χ1n) is 9.08. The fourth-order valence-corrected chi connectivity index (χ4v) is 3.23. The van der Waals surface area contributed by atoms with E-state index in [4.69, 9.17) is 11.6 Å². The Labute approximate surface area is 165 Å². The maximum absolute atomic E-state index is 12.8. The molecule has 1 aromatic heterocycles. The molecule has 2 aromatic carbocycles. The van der Waals surface area contributed by atoms with Crippen LogP contribution in [0.4, 0.5) is 0 Å². The molecule has 1 heterocycles. The molecule has 0 spiro atoms. The van der Waals surface area contributed by atoms with Gasteiger partial charge in [0, 0.05) is 16.4 Å². The normalized spacial score (nSPS) is 11.0. The van der Waals surface area contributed by atoms with Crippen molar-refractivity contribution in [3.8, 4) is 16.9 Å². The molecule has 0 fully saturated rings. The molecule has 0 radical (unpaired) electrons. The number of amides is 1. The molecule has 1 amide bonds. The number of carbonyl (C=O) groups is 1. The summed E-state index contributed by atoms with van der Waals surface area (Å²) in [5, 5.41) is 3.72. The van der Waals surface area contributed by atoms with E-state index in [1.807, 2.05) is 67.6 Å². The van der Waals surface area contributed by atoms with E-state index in [1.165, 1.54) is 4.90 Å². The number of nitrogens with one attached hydrogen (secondary N) is 2. The third-order valence-corrected chi connectivity index (χ3v) is 4.81. The summed E-state index contributed by atoms with van der Waals surface area (Å²) in [6, 6.07) is 19.7. The van der Waals surface area contributed by atoms with E-state index < -0.39 is 0 Å². The molecule has 0 bridgehead atoms. The van der Waals surface area contributed by atoms with Crippen molar-refractivity contribution in [2.24, 2.45) is 0 Å². The van der Waals surface area contributed by atoms with E-state index in [9.17, 15) is 4.79 Å². The van der Waals surface area contributed by atoms with E-state index in [1.54, 1.807) is 0 Å². The van der Waals surface area contributed by atoms with Gasteiger partial charge in [-0.2, -0.15) is 0 Å². The zero-order valence-corrected chi connectivity index (χ0v) is 16.7. The van der Waals surface area contributed by atoms with Crippen molar-refractivity contribution < 1.29 is 9.69 Å². The number of aromatic nitrogens is 1. The number of carbonyl (C=O) groups excluding carboxylic acids is 1. The van der Waals surface area contributed by atoms with Gasteiger partial charge in [-0.1, -0.05) is 41.9 Å². The zero-order chi connectivity index (χ0) is 19.4. The number of benzene rings is 2. The van der Waals surface area contributed by atoms with Crippen LogP contribution in [0.25, 0.3) is 16.9 Å². The number of quaternary nitrogens is 1. The van der Waals surface area contributed by atoms with E-state index in [2.05, 4.69) is 24.0 Å². The summed E-state index contributed by atoms with van der Waals surface area (Å²) in [4.78, 5) is 14.1. The highest BCUT2D eigenvalue weighted by Crippen LogP contribution is 2.30. The van der Waals surface area contributed by atoms with Crippen molar-refractivity contribution in [3.05, 3.63) is 76.9 Å². The number of nitrogens with zero attached hydrogens (tertiary/aromatic N) is 1. The van der Waals surface area contributed by atoms with Crippen LogP contribution in [0, 0.1) is 6.92 Å². The van der Waals surface area contributed by atoms with Gasteiger partial charge in [-0.15, -0.1) is 0 Å². The highest BCUT2D eigenvalue weighted by atomic mass is 35.5. The Morgan fingerprint density at radius 2 is 1.74 bits per heavy atom. The van der Waals surface area contributed by atoms with Gasteiger partial charge >= 0.3 is 0 Å². The Kier molecular flexibility index (Phi) is 5.99. The molecule has 0 aliphatic heterocycles. The lowest BCUT2D eigenvalue weighted by Gasteiger charge is -2.12. The average molecular weight is 383 g/mol. The maximum atomic E-state index is 12.8. The quantitative estimate of drug-likeness (QED) is 0.675. The molecule has 0 atom stereocenters. The summed E-state index contributed by atoms with van der Waals surface area (Å²) in [6.07, 6.45) is 0. The van der Waals surface area contributed by atoms with Gasteiger partial charge in [-0.3, -0.25) is 4.79 Å². The minimum absolute atomic E-state index is 0.0429. The van der Waals surface area contributed by atoms with E-state index in [0.717, 1.165) is 29.2 Å². The highest BCUT2D eigenvalue weighted by Gasteiger charge is 2.19. The smallest absolute Gasteiger partial charge is 0.253 e. The summed E-state index contributed by atoms with van der Waals surface area (Å²) in [5.41, 5.74) is 4.62. The summed E-state index contributed by atoms with van der Waals surface area (Å²) >= 11 is 6.05. The van der Waals surface area contributed by atoms with Crippen molar-refractivity contribution in [2.45, 2.75) is 6.92 Å². The second-order valence-electron chi connectivity index (χ2n) is 6.92. The Morgan fingerprint density at radius 3 is 2.37 bits per heavy atom. The second-order valence-corrected chi connectivity index (χ2v) is 7.36. The van der Waals surface area contributed by atoms with Gasteiger partial charge < -0.3 is 14.8 Å². The van der Waals surface area contributed by atoms with Crippen LogP contribution in [0.1, 0.15) is 16.1 Å². The maximum Gasteiger partial charge on any atom is 0.253 e. The van der Waals surface area contributed by atoms with Crippen LogP contribution in [0.2, 0.25) is 5.02 Å². The SMILES string of the molecule is Cc1c(C(=O)NCC[NH+](C)C)cc(-c2ccc(Cl)cc2)n1-c1ccccc1. The first kappa shape index (κ1) is 19.2. The van der Waals surface area contributed by atoms with Crippen LogP contribution in [0.3, 0.4) is 0 Å². The van der Waals surface area contributed by atoms with Crippen molar-refractivity contribution >= 4 is 17.5 Å². The third-order valence-electron chi connectivity index (χ3n) is 4.56. The van der Waals surface area contributed by atoms with Gasteiger partial charge in [-0.05, 0) is 42.8 Å². The van der Waals surface area contributed by atoms with Crippen LogP contribution in [0.5, 0.6) is 0 Å². The van der Waals surface area contributed by atoms with Gasteiger partial charge in [0.2, 0.25) is 0 Å². The molecule has 0 unspecified atom stereocenters. The molecule has 140 valence electrons. The zero-order valence-electron chi connectivity index (χ0n) is 15.9. The van der Waals surface area contributed by atoms with Gasteiger partial charge in [0.05, 0.1) is 38.4 Å². The molecule has 3 aromatic rings. The van der Waals surface area contributed by atoms with Crippen LogP contribution < -0.4 is 10.2 Å². The Morgan fingerprint density at radius 1 is 1.07 bits per heavy atom. The number of rotatable bonds is 6. The predicted molar refractivity (Wildman–Crippen MR) is 111 cm³/mol. The summed E-state index contributed by atoms with van der Waals surface area (Å²) in [7, 11) is 4.14. The van der Waals surface area contributed by atoms with Crippen LogP contribution in [-0.2, 0) is 0 Å². The number of para-hydroxylation sites is 1. The van der Waals surface area contributed by atoms with Gasteiger partial charge in [0.15, 0.2) is 0 Å².